The predicted molar refractivity (Wildman–Crippen MR) is 63.9 cm³/mol. The summed E-state index contributed by atoms with van der Waals surface area (Å²) in [7, 11) is 0. The van der Waals surface area contributed by atoms with Gasteiger partial charge in [0.1, 0.15) is 0 Å². The number of rotatable bonds is 1. The van der Waals surface area contributed by atoms with Crippen molar-refractivity contribution >= 4 is 0 Å². The lowest BCUT2D eigenvalue weighted by Gasteiger charge is -2.04. The lowest BCUT2D eigenvalue weighted by atomic mass is 10.0. The van der Waals surface area contributed by atoms with Gasteiger partial charge in [0.05, 0.1) is 5.69 Å². The van der Waals surface area contributed by atoms with Crippen LogP contribution in [0.5, 0.6) is 0 Å². The first kappa shape index (κ1) is 6.78. The van der Waals surface area contributed by atoms with E-state index in [-0.39, 0.29) is 5.56 Å². The Morgan fingerprint density at radius 1 is 1.00 bits per heavy atom. The van der Waals surface area contributed by atoms with Crippen molar-refractivity contribution < 1.29 is 4.11 Å². The Morgan fingerprint density at radius 3 is 2.27 bits per heavy atom. The van der Waals surface area contributed by atoms with E-state index in [1.54, 1.807) is 12.1 Å². The molecule has 0 aliphatic carbocycles. The zero-order chi connectivity index (χ0) is 13.3. The molecule has 1 aromatic carbocycles. The molecule has 0 unspecified atom stereocenters. The average Bonchev–Trinajstić information content (AvgIpc) is 2.27. The molecule has 15 heavy (non-hydrogen) atoms. The molecule has 0 saturated heterocycles. The molecular weight excluding hydrogens is 182 g/mol. The summed E-state index contributed by atoms with van der Waals surface area (Å²) in [5.74, 6) is 0. The highest BCUT2D eigenvalue weighted by Gasteiger charge is 2.00. The molecular formula is C14H15N. The van der Waals surface area contributed by atoms with E-state index in [0.29, 0.717) is 0 Å². The van der Waals surface area contributed by atoms with E-state index in [1.807, 2.05) is 26.0 Å². The van der Waals surface area contributed by atoms with Gasteiger partial charge in [-0.1, -0.05) is 23.3 Å². The fourth-order valence-electron chi connectivity index (χ4n) is 1.69. The Morgan fingerprint density at radius 2 is 1.73 bits per heavy atom. The normalized spacial score (nSPS) is 14.1. The molecule has 0 radical (unpaired) electrons. The molecule has 0 aliphatic heterocycles. The molecule has 2 aromatic rings. The van der Waals surface area contributed by atoms with E-state index in [4.69, 9.17) is 4.11 Å². The second kappa shape index (κ2) is 3.85. The fourth-order valence-corrected chi connectivity index (χ4v) is 1.69. The van der Waals surface area contributed by atoms with Crippen molar-refractivity contribution in [3.8, 4) is 11.3 Å². The third-order valence-corrected chi connectivity index (χ3v) is 2.28. The molecule has 0 spiro atoms. The fraction of sp³-hybridized carbons (Fsp3) is 0.214. The Bertz CT molecular complexity index is 536. The van der Waals surface area contributed by atoms with Crippen LogP contribution in [-0.4, -0.2) is 4.98 Å². The van der Waals surface area contributed by atoms with Crippen LogP contribution in [-0.2, 0) is 0 Å². The maximum Gasteiger partial charge on any atom is 0.0702 e. The lowest BCUT2D eigenvalue weighted by molar-refractivity contribution is 1.26. The topological polar surface area (TPSA) is 12.9 Å². The average molecular weight is 200 g/mol. The van der Waals surface area contributed by atoms with Gasteiger partial charge in [-0.2, -0.15) is 0 Å². The maximum absolute atomic E-state index is 7.31. The van der Waals surface area contributed by atoms with Crippen molar-refractivity contribution in [1.82, 2.24) is 4.98 Å². The van der Waals surface area contributed by atoms with Gasteiger partial charge in [0, 0.05) is 15.9 Å². The van der Waals surface area contributed by atoms with Crippen LogP contribution < -0.4 is 0 Å². The van der Waals surface area contributed by atoms with Crippen molar-refractivity contribution in [2.45, 2.75) is 20.7 Å². The third kappa shape index (κ3) is 2.24. The van der Waals surface area contributed by atoms with Crippen LogP contribution in [0.2, 0.25) is 0 Å². The van der Waals surface area contributed by atoms with Gasteiger partial charge in [0.2, 0.25) is 0 Å². The Kier molecular flexibility index (Phi) is 1.74. The van der Waals surface area contributed by atoms with Gasteiger partial charge in [-0.05, 0) is 44.5 Å². The van der Waals surface area contributed by atoms with Crippen LogP contribution in [0.15, 0.2) is 36.5 Å². The van der Waals surface area contributed by atoms with Crippen molar-refractivity contribution in [1.29, 1.82) is 0 Å². The molecule has 0 atom stereocenters. The Labute approximate surface area is 95.0 Å². The summed E-state index contributed by atoms with van der Waals surface area (Å²) in [6, 6.07) is 9.57. The molecule has 0 aliphatic rings. The predicted octanol–water partition coefficient (Wildman–Crippen LogP) is 3.67. The summed E-state index contributed by atoms with van der Waals surface area (Å²) in [6.07, 6.45) is 1.43. The summed E-state index contributed by atoms with van der Waals surface area (Å²) in [5, 5.41) is 0. The zero-order valence-corrected chi connectivity index (χ0v) is 8.91. The number of aromatic nitrogens is 1. The van der Waals surface area contributed by atoms with Gasteiger partial charge in [-0.3, -0.25) is 4.98 Å². The van der Waals surface area contributed by atoms with E-state index in [2.05, 4.69) is 11.1 Å². The van der Waals surface area contributed by atoms with Crippen molar-refractivity contribution in [2.75, 3.05) is 0 Å². The number of benzene rings is 1. The SMILES string of the molecule is [2H]C([2H])([2H])c1ccc(-c2cc(C)cc(C)c2)nc1. The molecule has 1 heteroatoms. The monoisotopic (exact) mass is 200 g/mol. The molecule has 0 amide bonds. The van der Waals surface area contributed by atoms with Crippen LogP contribution in [0, 0.1) is 20.7 Å². The number of hydrogen-bond donors (Lipinski definition) is 0. The number of aryl methyl sites for hydroxylation is 3. The molecule has 0 bridgehead atoms. The standard InChI is InChI=1S/C14H15N/c1-10-4-5-14(15-9-10)13-7-11(2)6-12(3)8-13/h4-9H,1-3H3/i1D3. The van der Waals surface area contributed by atoms with Gasteiger partial charge in [-0.15, -0.1) is 0 Å². The van der Waals surface area contributed by atoms with Crippen LogP contribution in [0.4, 0.5) is 0 Å². The van der Waals surface area contributed by atoms with E-state index in [0.717, 1.165) is 11.3 Å². The first-order valence-corrected chi connectivity index (χ1v) is 4.91. The molecule has 76 valence electrons. The van der Waals surface area contributed by atoms with E-state index < -0.39 is 6.85 Å². The maximum atomic E-state index is 7.31. The second-order valence-corrected chi connectivity index (χ2v) is 3.81. The summed E-state index contributed by atoms with van der Waals surface area (Å²) in [6.45, 7) is 1.98. The quantitative estimate of drug-likeness (QED) is 0.684. The van der Waals surface area contributed by atoms with Crippen LogP contribution in [0.25, 0.3) is 11.3 Å². The van der Waals surface area contributed by atoms with Crippen molar-refractivity contribution in [2.24, 2.45) is 0 Å². The molecule has 1 heterocycles. The highest BCUT2D eigenvalue weighted by Crippen LogP contribution is 2.20. The number of hydrogen-bond acceptors (Lipinski definition) is 1. The van der Waals surface area contributed by atoms with Crippen LogP contribution in [0.1, 0.15) is 20.8 Å². The van der Waals surface area contributed by atoms with E-state index in [9.17, 15) is 0 Å². The van der Waals surface area contributed by atoms with Crippen molar-refractivity contribution in [3.05, 3.63) is 53.2 Å². The van der Waals surface area contributed by atoms with E-state index in [1.165, 1.54) is 17.3 Å². The van der Waals surface area contributed by atoms with Gasteiger partial charge in [0.25, 0.3) is 0 Å². The molecule has 1 aromatic heterocycles. The third-order valence-electron chi connectivity index (χ3n) is 2.28. The molecule has 0 N–H and O–H groups in total. The highest BCUT2D eigenvalue weighted by molar-refractivity contribution is 5.61. The smallest absolute Gasteiger partial charge is 0.0702 e. The number of pyridine rings is 1. The molecule has 0 saturated carbocycles. The zero-order valence-electron chi connectivity index (χ0n) is 11.9. The van der Waals surface area contributed by atoms with Crippen LogP contribution in [0.3, 0.4) is 0 Å². The largest absolute Gasteiger partial charge is 0.256 e. The first-order valence-electron chi connectivity index (χ1n) is 6.41. The summed E-state index contributed by atoms with van der Waals surface area (Å²) < 4.78 is 21.9. The Hall–Kier alpha value is -1.63. The minimum Gasteiger partial charge on any atom is -0.256 e. The second-order valence-electron chi connectivity index (χ2n) is 3.81. The minimum absolute atomic E-state index is 0.274. The molecule has 0 fully saturated rings. The Balaban J connectivity index is 2.40. The first-order chi connectivity index (χ1) is 8.36. The van der Waals surface area contributed by atoms with Crippen molar-refractivity contribution in [3.63, 3.8) is 0 Å². The summed E-state index contributed by atoms with van der Waals surface area (Å²) in [4.78, 5) is 4.24. The summed E-state index contributed by atoms with van der Waals surface area (Å²) in [5.41, 5.74) is 4.44. The van der Waals surface area contributed by atoms with Gasteiger partial charge in [0.15, 0.2) is 0 Å². The number of nitrogens with zero attached hydrogens (tertiary/aromatic N) is 1. The molecule has 1 nitrogen and oxygen atoms in total. The minimum atomic E-state index is -2.09. The van der Waals surface area contributed by atoms with Gasteiger partial charge >= 0.3 is 0 Å². The van der Waals surface area contributed by atoms with E-state index >= 15 is 0 Å². The highest BCUT2D eigenvalue weighted by atomic mass is 14.7. The summed E-state index contributed by atoms with van der Waals surface area (Å²) >= 11 is 0. The van der Waals surface area contributed by atoms with Crippen LogP contribution >= 0.6 is 0 Å². The molecule has 2 rings (SSSR count). The van der Waals surface area contributed by atoms with Gasteiger partial charge in [-0.25, -0.2) is 0 Å². The van der Waals surface area contributed by atoms with Gasteiger partial charge < -0.3 is 0 Å². The lowest BCUT2D eigenvalue weighted by Crippen LogP contribution is -1.86.